The highest BCUT2D eigenvalue weighted by Crippen LogP contribution is 2.43. The number of fused-ring (bicyclic) bond motifs is 2. The molecule has 2 aliphatic heterocycles. The zero-order valence-corrected chi connectivity index (χ0v) is 11.7. The number of nitriles is 1. The molecule has 0 radical (unpaired) electrons. The largest absolute Gasteiger partial charge is 0.496 e. The van der Waals surface area contributed by atoms with Crippen LogP contribution in [0.5, 0.6) is 5.75 Å². The van der Waals surface area contributed by atoms with Gasteiger partial charge in [-0.2, -0.15) is 5.26 Å². The molecule has 0 aliphatic carbocycles. The molecule has 0 aromatic heterocycles. The van der Waals surface area contributed by atoms with E-state index in [1.54, 1.807) is 25.3 Å². The Balaban J connectivity index is 2.00. The van der Waals surface area contributed by atoms with Crippen LogP contribution in [0.4, 0.5) is 0 Å². The highest BCUT2D eigenvalue weighted by Gasteiger charge is 2.43. The fourth-order valence-corrected chi connectivity index (χ4v) is 3.69. The number of ether oxygens (including phenoxy) is 1. The molecule has 3 rings (SSSR count). The van der Waals surface area contributed by atoms with Gasteiger partial charge in [-0.05, 0) is 43.9 Å². The molecular formula is C16H20N2O2. The van der Waals surface area contributed by atoms with Crippen LogP contribution in [0.3, 0.4) is 0 Å². The summed E-state index contributed by atoms with van der Waals surface area (Å²) < 4.78 is 5.40. The van der Waals surface area contributed by atoms with Crippen LogP contribution in [0.25, 0.3) is 0 Å². The summed E-state index contributed by atoms with van der Waals surface area (Å²) in [6.45, 7) is 0. The van der Waals surface area contributed by atoms with Crippen LogP contribution in [0.2, 0.25) is 0 Å². The van der Waals surface area contributed by atoms with Crippen LogP contribution in [0.1, 0.15) is 43.2 Å². The molecule has 4 heteroatoms. The first kappa shape index (κ1) is 13.4. The third kappa shape index (κ3) is 2.28. The first-order valence-electron chi connectivity index (χ1n) is 7.22. The maximum absolute atomic E-state index is 11.2. The summed E-state index contributed by atoms with van der Waals surface area (Å²) in [6.07, 6.45) is 4.83. The van der Waals surface area contributed by atoms with Crippen molar-refractivity contribution in [3.8, 4) is 11.8 Å². The number of nitrogens with zero attached hydrogens (tertiary/aromatic N) is 1. The second kappa shape index (κ2) is 5.08. The Labute approximate surface area is 119 Å². The van der Waals surface area contributed by atoms with Gasteiger partial charge < -0.3 is 15.2 Å². The molecule has 2 atom stereocenters. The number of rotatable bonds is 2. The van der Waals surface area contributed by atoms with Crippen molar-refractivity contribution >= 4 is 0 Å². The Bertz CT molecular complexity index is 538. The monoisotopic (exact) mass is 272 g/mol. The predicted molar refractivity (Wildman–Crippen MR) is 75.4 cm³/mol. The average Bonchev–Trinajstić information content (AvgIpc) is 2.46. The molecule has 1 aromatic carbocycles. The van der Waals surface area contributed by atoms with Gasteiger partial charge in [0.1, 0.15) is 5.75 Å². The summed E-state index contributed by atoms with van der Waals surface area (Å²) in [5.41, 5.74) is 0.439. The molecule has 4 nitrogen and oxygen atoms in total. The van der Waals surface area contributed by atoms with Gasteiger partial charge >= 0.3 is 0 Å². The lowest BCUT2D eigenvalue weighted by atomic mass is 9.73. The lowest BCUT2D eigenvalue weighted by Gasteiger charge is -2.45. The van der Waals surface area contributed by atoms with Gasteiger partial charge in [-0.1, -0.05) is 6.42 Å². The maximum Gasteiger partial charge on any atom is 0.125 e. The highest BCUT2D eigenvalue weighted by molar-refractivity contribution is 5.45. The molecule has 106 valence electrons. The Morgan fingerprint density at radius 2 is 2.05 bits per heavy atom. The quantitative estimate of drug-likeness (QED) is 0.865. The normalized spacial score (nSPS) is 32.5. The van der Waals surface area contributed by atoms with Crippen molar-refractivity contribution in [1.82, 2.24) is 5.32 Å². The molecule has 0 spiro atoms. The standard InChI is InChI=1S/C16H20N2O2/c1-20-15-6-5-11(10-17)7-14(15)16(19)8-12-3-2-4-13(9-16)18-12/h5-7,12-13,18-19H,2-4,8-9H2,1H3. The molecule has 1 aromatic rings. The Kier molecular flexibility index (Phi) is 3.41. The molecule has 2 N–H and O–H groups in total. The zero-order valence-electron chi connectivity index (χ0n) is 11.7. The van der Waals surface area contributed by atoms with E-state index in [-0.39, 0.29) is 0 Å². The lowest BCUT2D eigenvalue weighted by Crippen LogP contribution is -2.54. The van der Waals surface area contributed by atoms with Crippen LogP contribution >= 0.6 is 0 Å². The second-order valence-corrected chi connectivity index (χ2v) is 5.96. The van der Waals surface area contributed by atoms with Crippen molar-refractivity contribution < 1.29 is 9.84 Å². The number of nitrogens with one attached hydrogen (secondary N) is 1. The van der Waals surface area contributed by atoms with Crippen molar-refractivity contribution in [2.75, 3.05) is 7.11 Å². The molecule has 2 saturated heterocycles. The van der Waals surface area contributed by atoms with Gasteiger partial charge in [0.25, 0.3) is 0 Å². The Morgan fingerprint density at radius 3 is 2.65 bits per heavy atom. The van der Waals surface area contributed by atoms with Crippen LogP contribution < -0.4 is 10.1 Å². The summed E-state index contributed by atoms with van der Waals surface area (Å²) in [5, 5.41) is 23.8. The number of benzene rings is 1. The molecule has 2 aliphatic rings. The van der Waals surface area contributed by atoms with E-state index in [0.29, 0.717) is 36.2 Å². The fraction of sp³-hybridized carbons (Fsp3) is 0.562. The highest BCUT2D eigenvalue weighted by atomic mass is 16.5. The summed E-state index contributed by atoms with van der Waals surface area (Å²) in [4.78, 5) is 0. The van der Waals surface area contributed by atoms with E-state index >= 15 is 0 Å². The average molecular weight is 272 g/mol. The van der Waals surface area contributed by atoms with Crippen molar-refractivity contribution in [1.29, 1.82) is 5.26 Å². The molecule has 2 unspecified atom stereocenters. The van der Waals surface area contributed by atoms with E-state index in [1.807, 2.05) is 0 Å². The van der Waals surface area contributed by atoms with E-state index < -0.39 is 5.60 Å². The first-order valence-corrected chi connectivity index (χ1v) is 7.22. The number of hydrogen-bond acceptors (Lipinski definition) is 4. The predicted octanol–water partition coefficient (Wildman–Crippen LogP) is 2.06. The van der Waals surface area contributed by atoms with Crippen molar-refractivity contribution in [2.24, 2.45) is 0 Å². The van der Waals surface area contributed by atoms with Crippen LogP contribution in [0, 0.1) is 11.3 Å². The molecule has 2 fully saturated rings. The fourth-order valence-electron chi connectivity index (χ4n) is 3.69. The minimum absolute atomic E-state index is 0.364. The van der Waals surface area contributed by atoms with Gasteiger partial charge in [0.2, 0.25) is 0 Å². The molecule has 2 heterocycles. The second-order valence-electron chi connectivity index (χ2n) is 5.96. The summed E-state index contributed by atoms with van der Waals surface area (Å²) in [5.74, 6) is 0.673. The van der Waals surface area contributed by atoms with E-state index in [1.165, 1.54) is 6.42 Å². The third-order valence-electron chi connectivity index (χ3n) is 4.57. The van der Waals surface area contributed by atoms with Crippen LogP contribution in [0.15, 0.2) is 18.2 Å². The van der Waals surface area contributed by atoms with Gasteiger partial charge in [0, 0.05) is 17.6 Å². The minimum atomic E-state index is -0.890. The maximum atomic E-state index is 11.2. The number of aliphatic hydroxyl groups is 1. The number of methoxy groups -OCH3 is 1. The number of hydrogen-bond donors (Lipinski definition) is 2. The smallest absolute Gasteiger partial charge is 0.125 e. The number of piperidine rings is 2. The van der Waals surface area contributed by atoms with E-state index in [9.17, 15) is 5.11 Å². The van der Waals surface area contributed by atoms with E-state index in [2.05, 4.69) is 11.4 Å². The van der Waals surface area contributed by atoms with Gasteiger partial charge in [-0.3, -0.25) is 0 Å². The van der Waals surface area contributed by atoms with Crippen LogP contribution in [-0.4, -0.2) is 24.3 Å². The van der Waals surface area contributed by atoms with Gasteiger partial charge in [0.15, 0.2) is 0 Å². The SMILES string of the molecule is COc1ccc(C#N)cc1C1(O)CC2CCCC(C1)N2. The minimum Gasteiger partial charge on any atom is -0.496 e. The summed E-state index contributed by atoms with van der Waals surface area (Å²) >= 11 is 0. The Morgan fingerprint density at radius 1 is 1.35 bits per heavy atom. The third-order valence-corrected chi connectivity index (χ3v) is 4.57. The van der Waals surface area contributed by atoms with Gasteiger partial charge in [-0.15, -0.1) is 0 Å². The topological polar surface area (TPSA) is 65.3 Å². The summed E-state index contributed by atoms with van der Waals surface area (Å²) in [7, 11) is 1.61. The van der Waals surface area contributed by atoms with Crippen molar-refractivity contribution in [3.63, 3.8) is 0 Å². The first-order chi connectivity index (χ1) is 9.64. The lowest BCUT2D eigenvalue weighted by molar-refractivity contribution is -0.0373. The van der Waals surface area contributed by atoms with E-state index in [0.717, 1.165) is 18.4 Å². The van der Waals surface area contributed by atoms with Gasteiger partial charge in [0.05, 0.1) is 24.3 Å². The van der Waals surface area contributed by atoms with Crippen molar-refractivity contribution in [2.45, 2.75) is 49.8 Å². The van der Waals surface area contributed by atoms with Crippen molar-refractivity contribution in [3.05, 3.63) is 29.3 Å². The Hall–Kier alpha value is -1.57. The zero-order chi connectivity index (χ0) is 14.2. The molecule has 2 bridgehead atoms. The van der Waals surface area contributed by atoms with Crippen LogP contribution in [-0.2, 0) is 5.60 Å². The molecular weight excluding hydrogens is 252 g/mol. The van der Waals surface area contributed by atoms with E-state index in [4.69, 9.17) is 10.00 Å². The van der Waals surface area contributed by atoms with Gasteiger partial charge in [-0.25, -0.2) is 0 Å². The molecule has 20 heavy (non-hydrogen) atoms. The molecule has 0 saturated carbocycles. The summed E-state index contributed by atoms with van der Waals surface area (Å²) in [6, 6.07) is 8.16. The molecule has 0 amide bonds.